The van der Waals surface area contributed by atoms with Crippen LogP contribution in [0.15, 0.2) is 40.5 Å². The van der Waals surface area contributed by atoms with Gasteiger partial charge in [0.05, 0.1) is 10.6 Å². The molecule has 25 heavy (non-hydrogen) atoms. The fraction of sp³-hybridized carbons (Fsp3) is 0.222. The lowest BCUT2D eigenvalue weighted by molar-refractivity contribution is 0.236. The summed E-state index contributed by atoms with van der Waals surface area (Å²) in [5.41, 5.74) is 2.09. The van der Waals surface area contributed by atoms with E-state index in [1.165, 1.54) is 17.4 Å². The molecule has 1 aromatic carbocycles. The molecule has 6 nitrogen and oxygen atoms in total. The summed E-state index contributed by atoms with van der Waals surface area (Å²) in [5.74, 6) is 0.386. The molecule has 0 atom stereocenters. The highest BCUT2D eigenvalue weighted by Crippen LogP contribution is 2.30. The number of para-hydroxylation sites is 1. The van der Waals surface area contributed by atoms with Crippen LogP contribution in [0.5, 0.6) is 11.5 Å². The Bertz CT molecular complexity index is 966. The Morgan fingerprint density at radius 3 is 2.92 bits per heavy atom. The molecule has 0 saturated heterocycles. The summed E-state index contributed by atoms with van der Waals surface area (Å²) >= 11 is 1.54. The molecule has 1 aliphatic heterocycles. The quantitative estimate of drug-likeness (QED) is 0.628. The number of phenols is 2. The molecule has 4 rings (SSSR count). The molecule has 0 spiro atoms. The van der Waals surface area contributed by atoms with Gasteiger partial charge in [0.1, 0.15) is 0 Å². The van der Waals surface area contributed by atoms with Crippen LogP contribution in [0, 0.1) is 0 Å². The number of aromatic hydroxyl groups is 2. The van der Waals surface area contributed by atoms with Crippen molar-refractivity contribution in [2.45, 2.75) is 19.5 Å². The second-order valence-corrected chi connectivity index (χ2v) is 7.01. The Balaban J connectivity index is 1.62. The van der Waals surface area contributed by atoms with E-state index in [-0.39, 0.29) is 17.1 Å². The summed E-state index contributed by atoms with van der Waals surface area (Å²) in [6, 6.07) is 8.81. The number of thiophene rings is 1. The predicted octanol–water partition coefficient (Wildman–Crippen LogP) is 2.47. The molecule has 3 heterocycles. The maximum absolute atomic E-state index is 12.4. The zero-order valence-electron chi connectivity index (χ0n) is 13.4. The van der Waals surface area contributed by atoms with Gasteiger partial charge in [0.15, 0.2) is 17.3 Å². The first-order chi connectivity index (χ1) is 12.1. The van der Waals surface area contributed by atoms with E-state index in [0.29, 0.717) is 37.4 Å². The van der Waals surface area contributed by atoms with E-state index in [4.69, 9.17) is 0 Å². The number of phenolic OH excluding ortho intramolecular Hbond substituents is 2. The molecule has 3 aromatic rings. The van der Waals surface area contributed by atoms with Gasteiger partial charge in [-0.3, -0.25) is 9.69 Å². The van der Waals surface area contributed by atoms with Gasteiger partial charge in [-0.05, 0) is 23.9 Å². The number of rotatable bonds is 3. The van der Waals surface area contributed by atoms with E-state index >= 15 is 0 Å². The summed E-state index contributed by atoms with van der Waals surface area (Å²) in [5, 5.41) is 21.6. The average molecular weight is 355 g/mol. The molecular weight excluding hydrogens is 338 g/mol. The fourth-order valence-electron chi connectivity index (χ4n) is 3.11. The van der Waals surface area contributed by atoms with Crippen LogP contribution in [0.2, 0.25) is 0 Å². The Morgan fingerprint density at radius 2 is 2.12 bits per heavy atom. The Morgan fingerprint density at radius 1 is 1.24 bits per heavy atom. The summed E-state index contributed by atoms with van der Waals surface area (Å²) in [6.45, 7) is 1.72. The summed E-state index contributed by atoms with van der Waals surface area (Å²) < 4.78 is 0. The third-order valence-corrected chi connectivity index (χ3v) is 5.28. The van der Waals surface area contributed by atoms with Crippen molar-refractivity contribution in [2.75, 3.05) is 6.54 Å². The molecule has 128 valence electrons. The van der Waals surface area contributed by atoms with Crippen LogP contribution in [-0.2, 0) is 19.5 Å². The van der Waals surface area contributed by atoms with E-state index in [1.807, 2.05) is 17.5 Å². The lowest BCUT2D eigenvalue weighted by atomic mass is 10.0. The standard InChI is InChI=1S/C18H17N3O3S/c22-14-4-1-3-11(16(14)23)9-21-7-6-12-13(10-21)19-17(20-18(12)24)15-5-2-8-25-15/h1-5,8,22-23H,6-7,9-10H2,(H,19,20,24). The number of nitrogens with one attached hydrogen (secondary N) is 1. The van der Waals surface area contributed by atoms with E-state index < -0.39 is 0 Å². The Hall–Kier alpha value is -2.64. The Labute approximate surface area is 148 Å². The fourth-order valence-corrected chi connectivity index (χ4v) is 3.77. The minimum Gasteiger partial charge on any atom is -0.504 e. The van der Waals surface area contributed by atoms with Gasteiger partial charge in [0.2, 0.25) is 0 Å². The molecule has 2 aromatic heterocycles. The van der Waals surface area contributed by atoms with Crippen molar-refractivity contribution in [3.05, 3.63) is 62.9 Å². The second-order valence-electron chi connectivity index (χ2n) is 6.06. The average Bonchev–Trinajstić information content (AvgIpc) is 3.13. The number of nitrogens with zero attached hydrogens (tertiary/aromatic N) is 2. The maximum Gasteiger partial charge on any atom is 0.254 e. The first-order valence-corrected chi connectivity index (χ1v) is 8.88. The highest BCUT2D eigenvalue weighted by Gasteiger charge is 2.22. The molecular formula is C18H17N3O3S. The van der Waals surface area contributed by atoms with Gasteiger partial charge >= 0.3 is 0 Å². The van der Waals surface area contributed by atoms with Crippen LogP contribution in [0.1, 0.15) is 16.8 Å². The van der Waals surface area contributed by atoms with E-state index in [0.717, 1.165) is 16.1 Å². The topological polar surface area (TPSA) is 89.5 Å². The van der Waals surface area contributed by atoms with Crippen LogP contribution >= 0.6 is 11.3 Å². The highest BCUT2D eigenvalue weighted by molar-refractivity contribution is 7.13. The molecule has 0 unspecified atom stereocenters. The number of aromatic nitrogens is 2. The number of hydrogen-bond acceptors (Lipinski definition) is 6. The van der Waals surface area contributed by atoms with Gasteiger partial charge in [-0.15, -0.1) is 11.3 Å². The molecule has 0 fully saturated rings. The van der Waals surface area contributed by atoms with Crippen LogP contribution in [0.3, 0.4) is 0 Å². The molecule has 1 aliphatic rings. The van der Waals surface area contributed by atoms with Crippen LogP contribution < -0.4 is 5.56 Å². The maximum atomic E-state index is 12.4. The van der Waals surface area contributed by atoms with Crippen LogP contribution in [0.4, 0.5) is 0 Å². The van der Waals surface area contributed by atoms with Gasteiger partial charge in [0, 0.05) is 30.8 Å². The van der Waals surface area contributed by atoms with Crippen molar-refractivity contribution >= 4 is 11.3 Å². The SMILES string of the molecule is O=c1[nH]c(-c2cccs2)nc2c1CCN(Cc1cccc(O)c1O)C2. The summed E-state index contributed by atoms with van der Waals surface area (Å²) in [4.78, 5) is 22.9. The number of hydrogen-bond donors (Lipinski definition) is 3. The summed E-state index contributed by atoms with van der Waals surface area (Å²) in [6.07, 6.45) is 0.613. The zero-order chi connectivity index (χ0) is 17.4. The molecule has 0 amide bonds. The minimum atomic E-state index is -0.121. The van der Waals surface area contributed by atoms with Crippen molar-refractivity contribution in [1.29, 1.82) is 0 Å². The van der Waals surface area contributed by atoms with E-state index in [9.17, 15) is 15.0 Å². The molecule has 3 N–H and O–H groups in total. The molecule has 0 radical (unpaired) electrons. The largest absolute Gasteiger partial charge is 0.504 e. The summed E-state index contributed by atoms with van der Waals surface area (Å²) in [7, 11) is 0. The van der Waals surface area contributed by atoms with E-state index in [2.05, 4.69) is 14.9 Å². The minimum absolute atomic E-state index is 0.0757. The molecule has 0 saturated carbocycles. The first-order valence-electron chi connectivity index (χ1n) is 8.00. The smallest absolute Gasteiger partial charge is 0.254 e. The van der Waals surface area contributed by atoms with Gasteiger partial charge in [-0.1, -0.05) is 18.2 Å². The number of H-pyrrole nitrogens is 1. The number of aromatic amines is 1. The first kappa shape index (κ1) is 15.9. The number of benzene rings is 1. The van der Waals surface area contributed by atoms with Crippen molar-refractivity contribution in [3.8, 4) is 22.2 Å². The van der Waals surface area contributed by atoms with Crippen molar-refractivity contribution in [2.24, 2.45) is 0 Å². The third kappa shape index (κ3) is 3.04. The Kier molecular flexibility index (Phi) is 4.03. The number of fused-ring (bicyclic) bond motifs is 1. The zero-order valence-corrected chi connectivity index (χ0v) is 14.2. The van der Waals surface area contributed by atoms with Gasteiger partial charge < -0.3 is 15.2 Å². The lowest BCUT2D eigenvalue weighted by Crippen LogP contribution is -2.35. The highest BCUT2D eigenvalue weighted by atomic mass is 32.1. The third-order valence-electron chi connectivity index (χ3n) is 4.40. The second kappa shape index (κ2) is 6.34. The predicted molar refractivity (Wildman–Crippen MR) is 95.8 cm³/mol. The molecule has 0 bridgehead atoms. The molecule has 7 heteroatoms. The van der Waals surface area contributed by atoms with Crippen molar-refractivity contribution < 1.29 is 10.2 Å². The van der Waals surface area contributed by atoms with Crippen molar-refractivity contribution in [3.63, 3.8) is 0 Å². The van der Waals surface area contributed by atoms with E-state index in [1.54, 1.807) is 12.1 Å². The van der Waals surface area contributed by atoms with Gasteiger partial charge in [-0.2, -0.15) is 0 Å². The monoisotopic (exact) mass is 355 g/mol. The normalized spacial score (nSPS) is 14.4. The van der Waals surface area contributed by atoms with Crippen LogP contribution in [0.25, 0.3) is 10.7 Å². The van der Waals surface area contributed by atoms with Crippen molar-refractivity contribution in [1.82, 2.24) is 14.9 Å². The van der Waals surface area contributed by atoms with Crippen LogP contribution in [-0.4, -0.2) is 31.6 Å². The van der Waals surface area contributed by atoms with Gasteiger partial charge in [-0.25, -0.2) is 4.98 Å². The lowest BCUT2D eigenvalue weighted by Gasteiger charge is -2.28. The van der Waals surface area contributed by atoms with Gasteiger partial charge in [0.25, 0.3) is 5.56 Å². The molecule has 0 aliphatic carbocycles.